The molecule has 2 heteroatoms. The normalized spacial score (nSPS) is 11.9. The van der Waals surface area contributed by atoms with Crippen molar-refractivity contribution in [3.05, 3.63) is 30.0 Å². The Hall–Kier alpha value is -1.31. The van der Waals surface area contributed by atoms with E-state index < -0.39 is 0 Å². The van der Waals surface area contributed by atoms with Crippen LogP contribution in [0.15, 0.2) is 24.4 Å². The molecule has 1 aromatic heterocycles. The number of para-hydroxylation sites is 1. The zero-order valence-electron chi connectivity index (χ0n) is 9.86. The molecule has 0 aliphatic carbocycles. The predicted molar refractivity (Wildman–Crippen MR) is 64.2 cm³/mol. The Bertz CT molecular complexity index is 466. The van der Waals surface area contributed by atoms with Gasteiger partial charge in [0.2, 0.25) is 0 Å². The number of hydrogen-bond acceptors (Lipinski definition) is 1. The summed E-state index contributed by atoms with van der Waals surface area (Å²) < 4.78 is 2.12. The molecule has 0 fully saturated rings. The monoisotopic (exact) mass is 202 g/mol. The Kier molecular flexibility index (Phi) is 2.51. The van der Waals surface area contributed by atoms with Crippen LogP contribution in [0.1, 0.15) is 45.2 Å². The number of fused-ring (bicyclic) bond motifs is 1. The Morgan fingerprint density at radius 1 is 1.13 bits per heavy atom. The summed E-state index contributed by atoms with van der Waals surface area (Å²) in [5, 5.41) is 5.70. The van der Waals surface area contributed by atoms with Gasteiger partial charge in [-0.1, -0.05) is 32.0 Å². The van der Waals surface area contributed by atoms with E-state index in [0.29, 0.717) is 12.0 Å². The number of hydrogen-bond donors (Lipinski definition) is 0. The molecule has 2 rings (SSSR count). The average molecular weight is 202 g/mol. The van der Waals surface area contributed by atoms with Gasteiger partial charge in [-0.2, -0.15) is 5.10 Å². The molecule has 15 heavy (non-hydrogen) atoms. The minimum atomic E-state index is 0.419. The minimum absolute atomic E-state index is 0.419. The molecule has 0 N–H and O–H groups in total. The summed E-state index contributed by atoms with van der Waals surface area (Å²) in [6.45, 7) is 8.80. The Labute approximate surface area is 90.9 Å². The second-order valence-electron chi connectivity index (χ2n) is 4.62. The van der Waals surface area contributed by atoms with E-state index in [1.54, 1.807) is 0 Å². The third-order valence-corrected chi connectivity index (χ3v) is 2.76. The van der Waals surface area contributed by atoms with E-state index in [2.05, 4.69) is 55.7 Å². The van der Waals surface area contributed by atoms with Crippen molar-refractivity contribution in [3.63, 3.8) is 0 Å². The van der Waals surface area contributed by atoms with Gasteiger partial charge in [0.05, 0.1) is 11.7 Å². The largest absolute Gasteiger partial charge is 0.262 e. The lowest BCUT2D eigenvalue weighted by molar-refractivity contribution is 0.548. The number of benzene rings is 1. The van der Waals surface area contributed by atoms with Crippen LogP contribution >= 0.6 is 0 Å². The van der Waals surface area contributed by atoms with Crippen molar-refractivity contribution in [1.29, 1.82) is 0 Å². The first-order valence-electron chi connectivity index (χ1n) is 5.57. The smallest absolute Gasteiger partial charge is 0.0720 e. The quantitative estimate of drug-likeness (QED) is 0.725. The van der Waals surface area contributed by atoms with E-state index >= 15 is 0 Å². The number of nitrogens with zero attached hydrogens (tertiary/aromatic N) is 2. The maximum absolute atomic E-state index is 4.45. The van der Waals surface area contributed by atoms with Crippen LogP contribution in [-0.4, -0.2) is 9.78 Å². The highest BCUT2D eigenvalue weighted by Gasteiger charge is 2.11. The third-order valence-electron chi connectivity index (χ3n) is 2.76. The molecule has 0 unspecified atom stereocenters. The van der Waals surface area contributed by atoms with Crippen molar-refractivity contribution < 1.29 is 0 Å². The summed E-state index contributed by atoms with van der Waals surface area (Å²) >= 11 is 0. The van der Waals surface area contributed by atoms with Gasteiger partial charge in [-0.25, -0.2) is 0 Å². The summed E-state index contributed by atoms with van der Waals surface area (Å²) in [5.74, 6) is 0.544. The highest BCUT2D eigenvalue weighted by molar-refractivity contribution is 5.82. The van der Waals surface area contributed by atoms with E-state index in [1.165, 1.54) is 16.5 Å². The number of aromatic nitrogens is 2. The van der Waals surface area contributed by atoms with Crippen LogP contribution < -0.4 is 0 Å². The van der Waals surface area contributed by atoms with Crippen LogP contribution in [-0.2, 0) is 0 Å². The maximum atomic E-state index is 4.45. The molecule has 0 radical (unpaired) electrons. The third kappa shape index (κ3) is 1.65. The molecule has 0 aliphatic heterocycles. The van der Waals surface area contributed by atoms with Gasteiger partial charge in [0.25, 0.3) is 0 Å². The Balaban J connectivity index is 2.75. The van der Waals surface area contributed by atoms with Crippen LogP contribution in [0.3, 0.4) is 0 Å². The Morgan fingerprint density at radius 3 is 2.47 bits per heavy atom. The fraction of sp³-hybridized carbons (Fsp3) is 0.462. The van der Waals surface area contributed by atoms with Gasteiger partial charge in [0.1, 0.15) is 0 Å². The SMILES string of the molecule is CC(C)c1cccc2cnn(C(C)C)c12. The molecule has 0 bridgehead atoms. The van der Waals surface area contributed by atoms with Crippen LogP contribution in [0.2, 0.25) is 0 Å². The standard InChI is InChI=1S/C13H18N2/c1-9(2)12-7-5-6-11-8-14-15(10(3)4)13(11)12/h5-10H,1-4H3. The van der Waals surface area contributed by atoms with Gasteiger partial charge in [-0.3, -0.25) is 4.68 Å². The van der Waals surface area contributed by atoms with Crippen LogP contribution in [0.25, 0.3) is 10.9 Å². The average Bonchev–Trinajstić information content (AvgIpc) is 2.60. The maximum Gasteiger partial charge on any atom is 0.0720 e. The molecule has 0 amide bonds. The van der Waals surface area contributed by atoms with Crippen LogP contribution in [0.4, 0.5) is 0 Å². The summed E-state index contributed by atoms with van der Waals surface area (Å²) in [5.41, 5.74) is 2.68. The molecule has 2 nitrogen and oxygen atoms in total. The Morgan fingerprint density at radius 2 is 1.87 bits per heavy atom. The van der Waals surface area contributed by atoms with E-state index in [0.717, 1.165) is 0 Å². The zero-order valence-corrected chi connectivity index (χ0v) is 9.86. The molecule has 1 aromatic carbocycles. The van der Waals surface area contributed by atoms with E-state index in [9.17, 15) is 0 Å². The van der Waals surface area contributed by atoms with E-state index in [-0.39, 0.29) is 0 Å². The first-order valence-corrected chi connectivity index (χ1v) is 5.57. The predicted octanol–water partition coefficient (Wildman–Crippen LogP) is 3.74. The van der Waals surface area contributed by atoms with Crippen molar-refractivity contribution >= 4 is 10.9 Å². The fourth-order valence-electron chi connectivity index (χ4n) is 1.99. The summed E-state index contributed by atoms with van der Waals surface area (Å²) in [4.78, 5) is 0. The highest BCUT2D eigenvalue weighted by Crippen LogP contribution is 2.26. The van der Waals surface area contributed by atoms with Crippen molar-refractivity contribution in [2.45, 2.75) is 39.7 Å². The lowest BCUT2D eigenvalue weighted by Crippen LogP contribution is -2.04. The van der Waals surface area contributed by atoms with Gasteiger partial charge in [-0.15, -0.1) is 0 Å². The molecule has 1 heterocycles. The lowest BCUT2D eigenvalue weighted by atomic mass is 10.0. The first-order chi connectivity index (χ1) is 7.11. The lowest BCUT2D eigenvalue weighted by Gasteiger charge is -2.13. The second kappa shape index (κ2) is 3.69. The van der Waals surface area contributed by atoms with Gasteiger partial charge in [0, 0.05) is 11.4 Å². The van der Waals surface area contributed by atoms with Crippen LogP contribution in [0.5, 0.6) is 0 Å². The molecule has 0 saturated heterocycles. The van der Waals surface area contributed by atoms with Gasteiger partial charge >= 0.3 is 0 Å². The summed E-state index contributed by atoms with van der Waals surface area (Å²) in [6, 6.07) is 6.87. The molecule has 0 spiro atoms. The summed E-state index contributed by atoms with van der Waals surface area (Å²) in [6.07, 6.45) is 1.96. The molecular formula is C13H18N2. The topological polar surface area (TPSA) is 17.8 Å². The molecule has 0 saturated carbocycles. The van der Waals surface area contributed by atoms with Crippen molar-refractivity contribution in [3.8, 4) is 0 Å². The van der Waals surface area contributed by atoms with Crippen LogP contribution in [0, 0.1) is 0 Å². The first kappa shape index (κ1) is 10.2. The summed E-state index contributed by atoms with van der Waals surface area (Å²) in [7, 11) is 0. The van der Waals surface area contributed by atoms with Gasteiger partial charge in [0.15, 0.2) is 0 Å². The zero-order chi connectivity index (χ0) is 11.0. The van der Waals surface area contributed by atoms with E-state index in [1.807, 2.05) is 6.20 Å². The fourth-order valence-corrected chi connectivity index (χ4v) is 1.99. The molecule has 0 atom stereocenters. The molecular weight excluding hydrogens is 184 g/mol. The molecule has 80 valence electrons. The van der Waals surface area contributed by atoms with E-state index in [4.69, 9.17) is 0 Å². The second-order valence-corrected chi connectivity index (χ2v) is 4.62. The van der Waals surface area contributed by atoms with Crippen molar-refractivity contribution in [2.75, 3.05) is 0 Å². The van der Waals surface area contributed by atoms with Crippen molar-refractivity contribution in [1.82, 2.24) is 9.78 Å². The van der Waals surface area contributed by atoms with Crippen molar-refractivity contribution in [2.24, 2.45) is 0 Å². The van der Waals surface area contributed by atoms with Gasteiger partial charge < -0.3 is 0 Å². The highest BCUT2D eigenvalue weighted by atomic mass is 15.3. The minimum Gasteiger partial charge on any atom is -0.262 e. The molecule has 2 aromatic rings. The molecule has 0 aliphatic rings. The van der Waals surface area contributed by atoms with Gasteiger partial charge in [-0.05, 0) is 25.3 Å². The number of rotatable bonds is 2.